The molecule has 0 saturated heterocycles. The van der Waals surface area contributed by atoms with Crippen LogP contribution in [0.25, 0.3) is 10.8 Å². The second kappa shape index (κ2) is 5.13. The standard InChI is InChI=1S/C19H15FO/c1-12-9-13(2)18(17(20)10-12)19(21)16-8-7-14-5-3-4-6-15(14)11-16/h3-11H,1-2H3. The van der Waals surface area contributed by atoms with Gasteiger partial charge in [0.1, 0.15) is 5.82 Å². The zero-order valence-corrected chi connectivity index (χ0v) is 12.0. The van der Waals surface area contributed by atoms with Crippen LogP contribution >= 0.6 is 0 Å². The number of aryl methyl sites for hydroxylation is 2. The van der Waals surface area contributed by atoms with E-state index in [2.05, 4.69) is 0 Å². The van der Waals surface area contributed by atoms with E-state index in [-0.39, 0.29) is 11.3 Å². The zero-order valence-electron chi connectivity index (χ0n) is 12.0. The summed E-state index contributed by atoms with van der Waals surface area (Å²) in [6.45, 7) is 3.59. The normalized spacial score (nSPS) is 10.8. The summed E-state index contributed by atoms with van der Waals surface area (Å²) in [5.41, 5.74) is 2.17. The minimum absolute atomic E-state index is 0.163. The average Bonchev–Trinajstić information content (AvgIpc) is 2.45. The van der Waals surface area contributed by atoms with Crippen LogP contribution in [-0.2, 0) is 0 Å². The summed E-state index contributed by atoms with van der Waals surface area (Å²) in [6, 6.07) is 16.5. The second-order valence-corrected chi connectivity index (χ2v) is 5.33. The van der Waals surface area contributed by atoms with E-state index in [0.29, 0.717) is 11.1 Å². The van der Waals surface area contributed by atoms with Crippen LogP contribution in [0.15, 0.2) is 54.6 Å². The van der Waals surface area contributed by atoms with Crippen molar-refractivity contribution in [1.29, 1.82) is 0 Å². The van der Waals surface area contributed by atoms with E-state index in [0.717, 1.165) is 16.3 Å². The Bertz CT molecular complexity index is 826. The van der Waals surface area contributed by atoms with Gasteiger partial charge in [-0.1, -0.05) is 42.5 Å². The summed E-state index contributed by atoms with van der Waals surface area (Å²) in [7, 11) is 0. The number of hydrogen-bond acceptors (Lipinski definition) is 1. The Labute approximate surface area is 123 Å². The van der Waals surface area contributed by atoms with Gasteiger partial charge in [-0.05, 0) is 47.9 Å². The van der Waals surface area contributed by atoms with Crippen LogP contribution in [0.2, 0.25) is 0 Å². The van der Waals surface area contributed by atoms with Crippen LogP contribution in [0.4, 0.5) is 4.39 Å². The number of hydrogen-bond donors (Lipinski definition) is 0. The summed E-state index contributed by atoms with van der Waals surface area (Å²) in [4.78, 5) is 12.6. The number of benzene rings is 3. The maximum absolute atomic E-state index is 14.1. The van der Waals surface area contributed by atoms with Gasteiger partial charge in [0.25, 0.3) is 0 Å². The summed E-state index contributed by atoms with van der Waals surface area (Å²) < 4.78 is 14.1. The minimum atomic E-state index is -0.453. The summed E-state index contributed by atoms with van der Waals surface area (Å²) in [6.07, 6.45) is 0. The van der Waals surface area contributed by atoms with Crippen molar-refractivity contribution < 1.29 is 9.18 Å². The first-order chi connectivity index (χ1) is 10.1. The maximum atomic E-state index is 14.1. The molecule has 3 aromatic rings. The molecule has 0 fully saturated rings. The summed E-state index contributed by atoms with van der Waals surface area (Å²) in [5.74, 6) is -0.721. The van der Waals surface area contributed by atoms with Crippen molar-refractivity contribution in [3.05, 3.63) is 82.7 Å². The topological polar surface area (TPSA) is 17.1 Å². The molecule has 0 aliphatic rings. The van der Waals surface area contributed by atoms with Gasteiger partial charge < -0.3 is 0 Å². The molecule has 0 amide bonds. The van der Waals surface area contributed by atoms with Gasteiger partial charge in [-0.2, -0.15) is 0 Å². The molecule has 2 heteroatoms. The van der Waals surface area contributed by atoms with Crippen molar-refractivity contribution in [1.82, 2.24) is 0 Å². The Hall–Kier alpha value is -2.48. The van der Waals surface area contributed by atoms with E-state index < -0.39 is 5.82 Å². The molecule has 3 aromatic carbocycles. The third-order valence-corrected chi connectivity index (χ3v) is 3.67. The molecule has 0 aromatic heterocycles. The fourth-order valence-corrected chi connectivity index (χ4v) is 2.68. The van der Waals surface area contributed by atoms with Crippen molar-refractivity contribution in [2.24, 2.45) is 0 Å². The van der Waals surface area contributed by atoms with E-state index in [1.807, 2.05) is 49.4 Å². The lowest BCUT2D eigenvalue weighted by atomic mass is 9.95. The van der Waals surface area contributed by atoms with Gasteiger partial charge in [0.05, 0.1) is 5.56 Å². The van der Waals surface area contributed by atoms with E-state index in [1.54, 1.807) is 13.0 Å². The number of ketones is 1. The molecule has 3 rings (SSSR count). The van der Waals surface area contributed by atoms with Crippen molar-refractivity contribution in [3.63, 3.8) is 0 Å². The SMILES string of the molecule is Cc1cc(C)c(C(=O)c2ccc3ccccc3c2)c(F)c1. The Kier molecular flexibility index (Phi) is 3.30. The number of carbonyl (C=O) groups excluding carboxylic acids is 1. The molecule has 0 spiro atoms. The molecule has 104 valence electrons. The fraction of sp³-hybridized carbons (Fsp3) is 0.105. The van der Waals surface area contributed by atoms with Crippen molar-refractivity contribution >= 4 is 16.6 Å². The van der Waals surface area contributed by atoms with E-state index in [4.69, 9.17) is 0 Å². The first-order valence-corrected chi connectivity index (χ1v) is 6.86. The minimum Gasteiger partial charge on any atom is -0.288 e. The molecule has 0 heterocycles. The van der Waals surface area contributed by atoms with Gasteiger partial charge in [0.15, 0.2) is 5.78 Å². The van der Waals surface area contributed by atoms with Crippen LogP contribution in [0.3, 0.4) is 0 Å². The molecule has 0 aliphatic heterocycles. The molecule has 1 nitrogen and oxygen atoms in total. The van der Waals surface area contributed by atoms with Crippen LogP contribution < -0.4 is 0 Å². The number of rotatable bonds is 2. The third kappa shape index (κ3) is 2.45. The molecular formula is C19H15FO. The monoisotopic (exact) mass is 278 g/mol. The number of fused-ring (bicyclic) bond motifs is 1. The summed E-state index contributed by atoms with van der Waals surface area (Å²) in [5, 5.41) is 2.05. The second-order valence-electron chi connectivity index (χ2n) is 5.33. The van der Waals surface area contributed by atoms with E-state index in [1.165, 1.54) is 6.07 Å². The first-order valence-electron chi connectivity index (χ1n) is 6.86. The molecule has 0 atom stereocenters. The lowest BCUT2D eigenvalue weighted by molar-refractivity contribution is 0.103. The lowest BCUT2D eigenvalue weighted by Crippen LogP contribution is -2.07. The van der Waals surface area contributed by atoms with Gasteiger partial charge in [0.2, 0.25) is 0 Å². The smallest absolute Gasteiger partial charge is 0.196 e. The first kappa shape index (κ1) is 13.5. The zero-order chi connectivity index (χ0) is 15.0. The Balaban J connectivity index is 2.12. The molecule has 21 heavy (non-hydrogen) atoms. The van der Waals surface area contributed by atoms with Crippen LogP contribution in [0, 0.1) is 19.7 Å². The Morgan fingerprint density at radius 3 is 2.33 bits per heavy atom. The predicted octanol–water partition coefficient (Wildman–Crippen LogP) is 4.83. The van der Waals surface area contributed by atoms with Crippen molar-refractivity contribution in [2.45, 2.75) is 13.8 Å². The average molecular weight is 278 g/mol. The molecule has 0 radical (unpaired) electrons. The largest absolute Gasteiger partial charge is 0.288 e. The molecule has 0 bridgehead atoms. The van der Waals surface area contributed by atoms with E-state index >= 15 is 0 Å². The van der Waals surface area contributed by atoms with Crippen LogP contribution in [0.1, 0.15) is 27.0 Å². The summed E-state index contributed by atoms with van der Waals surface area (Å²) >= 11 is 0. The molecule has 0 unspecified atom stereocenters. The van der Waals surface area contributed by atoms with Crippen LogP contribution in [0.5, 0.6) is 0 Å². The fourth-order valence-electron chi connectivity index (χ4n) is 2.68. The molecule has 0 aliphatic carbocycles. The molecule has 0 N–H and O–H groups in total. The van der Waals surface area contributed by atoms with Crippen molar-refractivity contribution in [3.8, 4) is 0 Å². The predicted molar refractivity (Wildman–Crippen MR) is 83.3 cm³/mol. The van der Waals surface area contributed by atoms with Gasteiger partial charge in [-0.25, -0.2) is 4.39 Å². The van der Waals surface area contributed by atoms with Crippen LogP contribution in [-0.4, -0.2) is 5.78 Å². The highest BCUT2D eigenvalue weighted by atomic mass is 19.1. The lowest BCUT2D eigenvalue weighted by Gasteiger charge is -2.09. The highest BCUT2D eigenvalue weighted by Gasteiger charge is 2.17. The quantitative estimate of drug-likeness (QED) is 0.614. The Morgan fingerprint density at radius 2 is 1.62 bits per heavy atom. The van der Waals surface area contributed by atoms with Gasteiger partial charge >= 0.3 is 0 Å². The highest BCUT2D eigenvalue weighted by molar-refractivity contribution is 6.11. The highest BCUT2D eigenvalue weighted by Crippen LogP contribution is 2.22. The maximum Gasteiger partial charge on any atom is 0.196 e. The Morgan fingerprint density at radius 1 is 0.905 bits per heavy atom. The molecular weight excluding hydrogens is 263 g/mol. The van der Waals surface area contributed by atoms with Gasteiger partial charge in [-0.3, -0.25) is 4.79 Å². The van der Waals surface area contributed by atoms with Gasteiger partial charge in [-0.15, -0.1) is 0 Å². The van der Waals surface area contributed by atoms with Crippen molar-refractivity contribution in [2.75, 3.05) is 0 Å². The third-order valence-electron chi connectivity index (χ3n) is 3.67. The molecule has 0 saturated carbocycles. The number of carbonyl (C=O) groups is 1. The number of halogens is 1. The van der Waals surface area contributed by atoms with Gasteiger partial charge in [0, 0.05) is 5.56 Å². The van der Waals surface area contributed by atoms with E-state index in [9.17, 15) is 9.18 Å².